The Balaban J connectivity index is 1.46. The monoisotopic (exact) mass is 546 g/mol. The molecule has 0 saturated carbocycles. The zero-order valence-corrected chi connectivity index (χ0v) is 22.5. The van der Waals surface area contributed by atoms with E-state index in [1.54, 1.807) is 37.5 Å². The number of carbonyl (C=O) groups is 1. The van der Waals surface area contributed by atoms with Gasteiger partial charge in [-0.2, -0.15) is 10.2 Å². The highest BCUT2D eigenvalue weighted by Gasteiger charge is 2.16. The molecular weight excluding hydrogens is 520 g/mol. The zero-order chi connectivity index (χ0) is 28.6. The highest BCUT2D eigenvalue weighted by molar-refractivity contribution is 5.90. The van der Waals surface area contributed by atoms with Gasteiger partial charge in [0, 0.05) is 30.5 Å². The van der Waals surface area contributed by atoms with E-state index in [0.29, 0.717) is 23.7 Å². The largest absolute Gasteiger partial charge is 0.485 e. The summed E-state index contributed by atoms with van der Waals surface area (Å²) in [6.45, 7) is 4.12. The van der Waals surface area contributed by atoms with Crippen LogP contribution in [0, 0.1) is 18.3 Å². The second kappa shape index (κ2) is 12.5. The average Bonchev–Trinajstić information content (AvgIpc) is 3.43. The molecule has 0 aliphatic rings. The summed E-state index contributed by atoms with van der Waals surface area (Å²) in [5, 5.41) is 9.47. The van der Waals surface area contributed by atoms with Crippen molar-refractivity contribution in [3.8, 4) is 40.8 Å². The molecule has 0 radical (unpaired) electrons. The van der Waals surface area contributed by atoms with Crippen LogP contribution in [0.2, 0.25) is 0 Å². The van der Waals surface area contributed by atoms with Crippen LogP contribution in [0.15, 0.2) is 97.5 Å². The third-order valence-electron chi connectivity index (χ3n) is 5.86. The molecule has 9 heteroatoms. The van der Waals surface area contributed by atoms with Crippen LogP contribution in [0.1, 0.15) is 34.1 Å². The first kappa shape index (κ1) is 27.0. The molecule has 0 bridgehead atoms. The van der Waals surface area contributed by atoms with Crippen molar-refractivity contribution >= 4 is 5.97 Å². The Hall–Kier alpha value is -5.62. The Kier molecular flexibility index (Phi) is 8.21. The van der Waals surface area contributed by atoms with Gasteiger partial charge in [0.1, 0.15) is 12.4 Å². The van der Waals surface area contributed by atoms with Crippen molar-refractivity contribution in [2.24, 2.45) is 0 Å². The fourth-order valence-corrected chi connectivity index (χ4v) is 3.93. The highest BCUT2D eigenvalue weighted by atomic mass is 16.5. The van der Waals surface area contributed by atoms with E-state index in [1.807, 2.05) is 66.2 Å². The molecule has 0 atom stereocenters. The fraction of sp³-hybridized carbons (Fsp3) is 0.125. The van der Waals surface area contributed by atoms with E-state index < -0.39 is 5.97 Å². The molecule has 0 aliphatic heterocycles. The maximum Gasteiger partial charge on any atom is 0.338 e. The van der Waals surface area contributed by atoms with Gasteiger partial charge in [-0.25, -0.2) is 9.78 Å². The van der Waals surface area contributed by atoms with Crippen LogP contribution in [0.25, 0.3) is 5.69 Å². The van der Waals surface area contributed by atoms with E-state index in [2.05, 4.69) is 16.0 Å². The molecule has 9 nitrogen and oxygen atoms in total. The maximum absolute atomic E-state index is 12.7. The second-order valence-corrected chi connectivity index (χ2v) is 8.92. The molecule has 5 aromatic rings. The molecule has 0 amide bonds. The van der Waals surface area contributed by atoms with Crippen molar-refractivity contribution in [2.45, 2.75) is 20.5 Å². The van der Waals surface area contributed by atoms with Gasteiger partial charge in [0.05, 0.1) is 41.5 Å². The van der Waals surface area contributed by atoms with Gasteiger partial charge in [-0.15, -0.1) is 0 Å². The summed E-state index contributed by atoms with van der Waals surface area (Å²) < 4.78 is 25.2. The van der Waals surface area contributed by atoms with Gasteiger partial charge in [0.25, 0.3) is 0 Å². The Morgan fingerprint density at radius 1 is 0.927 bits per heavy atom. The number of benzene rings is 3. The molecule has 0 spiro atoms. The minimum atomic E-state index is -0.557. The predicted octanol–water partition coefficient (Wildman–Crippen LogP) is 6.79. The highest BCUT2D eigenvalue weighted by Crippen LogP contribution is 2.34. The van der Waals surface area contributed by atoms with E-state index in [-0.39, 0.29) is 29.7 Å². The molecule has 0 N–H and O–H groups in total. The molecule has 0 unspecified atom stereocenters. The van der Waals surface area contributed by atoms with Gasteiger partial charge < -0.3 is 23.5 Å². The molecule has 5 rings (SSSR count). The minimum Gasteiger partial charge on any atom is -0.485 e. The van der Waals surface area contributed by atoms with Crippen LogP contribution >= 0.6 is 0 Å². The number of nitriles is 1. The van der Waals surface area contributed by atoms with Crippen LogP contribution < -0.4 is 14.2 Å². The van der Waals surface area contributed by atoms with Gasteiger partial charge in [-0.1, -0.05) is 36.4 Å². The molecule has 3 aromatic carbocycles. The lowest BCUT2D eigenvalue weighted by Crippen LogP contribution is -2.06. The number of hydrogen-bond donors (Lipinski definition) is 0. The summed E-state index contributed by atoms with van der Waals surface area (Å²) in [4.78, 5) is 21.4. The number of aromatic nitrogens is 3. The summed E-state index contributed by atoms with van der Waals surface area (Å²) in [5.74, 6) is 0.781. The van der Waals surface area contributed by atoms with E-state index in [9.17, 15) is 10.1 Å². The lowest BCUT2D eigenvalue weighted by Gasteiger charge is -2.14. The Morgan fingerprint density at radius 3 is 2.46 bits per heavy atom. The van der Waals surface area contributed by atoms with Gasteiger partial charge in [-0.05, 0) is 43.7 Å². The summed E-state index contributed by atoms with van der Waals surface area (Å²) in [5.41, 5.74) is 3.26. The van der Waals surface area contributed by atoms with Crippen LogP contribution in [0.4, 0.5) is 0 Å². The van der Waals surface area contributed by atoms with Crippen LogP contribution in [-0.4, -0.2) is 27.1 Å². The number of aryl methyl sites for hydroxylation is 1. The summed E-state index contributed by atoms with van der Waals surface area (Å²) in [7, 11) is 0. The van der Waals surface area contributed by atoms with E-state index >= 15 is 0 Å². The Morgan fingerprint density at radius 2 is 1.73 bits per heavy atom. The van der Waals surface area contributed by atoms with Crippen molar-refractivity contribution < 1.29 is 23.7 Å². The van der Waals surface area contributed by atoms with Gasteiger partial charge in [-0.3, -0.25) is 0 Å². The number of pyridine rings is 1. The lowest BCUT2D eigenvalue weighted by molar-refractivity contribution is 0.0525. The van der Waals surface area contributed by atoms with Gasteiger partial charge >= 0.3 is 5.97 Å². The number of esters is 1. The summed E-state index contributed by atoms with van der Waals surface area (Å²) >= 11 is 0. The quantitative estimate of drug-likeness (QED) is 0.176. The van der Waals surface area contributed by atoms with E-state index in [4.69, 9.17) is 18.9 Å². The van der Waals surface area contributed by atoms with E-state index in [0.717, 1.165) is 16.9 Å². The van der Waals surface area contributed by atoms with Crippen molar-refractivity contribution in [3.05, 3.63) is 120 Å². The number of carbonyl (C=O) groups excluding carboxylic acids is 1. The van der Waals surface area contributed by atoms with Crippen LogP contribution in [-0.2, 0) is 11.3 Å². The smallest absolute Gasteiger partial charge is 0.338 e. The first-order valence-corrected chi connectivity index (χ1v) is 12.9. The van der Waals surface area contributed by atoms with Crippen LogP contribution in [0.3, 0.4) is 0 Å². The third-order valence-corrected chi connectivity index (χ3v) is 5.86. The normalized spacial score (nSPS) is 10.5. The summed E-state index contributed by atoms with van der Waals surface area (Å²) in [6, 6.07) is 26.9. The Labute approximate surface area is 237 Å². The predicted molar refractivity (Wildman–Crippen MR) is 151 cm³/mol. The molecule has 0 saturated heterocycles. The molecule has 0 fully saturated rings. The molecule has 2 heterocycles. The number of rotatable bonds is 10. The number of hydrogen-bond acceptors (Lipinski definition) is 8. The van der Waals surface area contributed by atoms with Crippen LogP contribution in [0.5, 0.6) is 29.0 Å². The SMILES string of the molecule is CCOC(=O)c1cc(Oc2cccc(-n3cnc(C)c3)c2)nc(Oc2cc(C#N)ccc2OCc2ccccc2)c1. The topological polar surface area (TPSA) is 108 Å². The number of imidazole rings is 1. The van der Waals surface area contributed by atoms with Gasteiger partial charge in [0.2, 0.25) is 11.8 Å². The maximum atomic E-state index is 12.7. The van der Waals surface area contributed by atoms with Crippen molar-refractivity contribution in [1.29, 1.82) is 5.26 Å². The number of ether oxygens (including phenoxy) is 4. The second-order valence-electron chi connectivity index (χ2n) is 8.92. The first-order valence-electron chi connectivity index (χ1n) is 12.9. The molecular formula is C32H26N4O5. The molecule has 2 aromatic heterocycles. The Bertz CT molecular complexity index is 1710. The summed E-state index contributed by atoms with van der Waals surface area (Å²) in [6.07, 6.45) is 3.62. The van der Waals surface area contributed by atoms with Crippen molar-refractivity contribution in [3.63, 3.8) is 0 Å². The fourth-order valence-electron chi connectivity index (χ4n) is 3.93. The molecule has 204 valence electrons. The standard InChI is InChI=1S/C32H26N4O5/c1-3-38-32(37)25-15-30(40-27-11-7-10-26(17-27)36-19-22(2)34-21-36)35-31(16-25)41-29-14-24(18-33)12-13-28(29)39-20-23-8-5-4-6-9-23/h4-17,19,21H,3,20H2,1-2H3. The minimum absolute atomic E-state index is 0.0617. The van der Waals surface area contributed by atoms with Crippen molar-refractivity contribution in [2.75, 3.05) is 6.61 Å². The van der Waals surface area contributed by atoms with Gasteiger partial charge in [0.15, 0.2) is 11.5 Å². The zero-order valence-electron chi connectivity index (χ0n) is 22.5. The number of nitrogens with zero attached hydrogens (tertiary/aromatic N) is 4. The van der Waals surface area contributed by atoms with Crippen molar-refractivity contribution in [1.82, 2.24) is 14.5 Å². The third kappa shape index (κ3) is 6.88. The average molecular weight is 547 g/mol. The van der Waals surface area contributed by atoms with E-state index in [1.165, 1.54) is 12.1 Å². The molecule has 41 heavy (non-hydrogen) atoms. The lowest BCUT2D eigenvalue weighted by atomic mass is 10.2. The molecule has 0 aliphatic carbocycles. The first-order chi connectivity index (χ1) is 20.0.